The Morgan fingerprint density at radius 1 is 1.09 bits per heavy atom. The molecule has 2 aromatic carbocycles. The maximum atomic E-state index is 12.4. The van der Waals surface area contributed by atoms with E-state index in [4.69, 9.17) is 9.47 Å². The van der Waals surface area contributed by atoms with Crippen molar-refractivity contribution in [3.8, 4) is 11.5 Å². The topological polar surface area (TPSA) is 59.9 Å². The van der Waals surface area contributed by atoms with Crippen molar-refractivity contribution in [2.24, 2.45) is 4.99 Å². The first-order valence-electron chi connectivity index (χ1n) is 11.0. The first-order chi connectivity index (χ1) is 15.6. The van der Waals surface area contributed by atoms with Crippen LogP contribution in [0.5, 0.6) is 11.5 Å². The number of amidine groups is 1. The lowest BCUT2D eigenvalue weighted by molar-refractivity contribution is -0.115. The number of ether oxygens (including phenoxy) is 2. The van der Waals surface area contributed by atoms with Gasteiger partial charge in [-0.3, -0.25) is 4.79 Å². The number of halogens is 1. The quantitative estimate of drug-likeness (QED) is 0.255. The summed E-state index contributed by atoms with van der Waals surface area (Å²) in [7, 11) is 1.62. The Labute approximate surface area is 202 Å². The summed E-state index contributed by atoms with van der Waals surface area (Å²) in [5, 5.41) is 3.38. The molecular formula is C25H29BrN2O3S. The zero-order valence-corrected chi connectivity index (χ0v) is 20.9. The van der Waals surface area contributed by atoms with E-state index in [0.717, 1.165) is 22.1 Å². The number of nitrogens with one attached hydrogen (secondary N) is 1. The number of methoxy groups -OCH3 is 1. The first-order valence-corrected chi connectivity index (χ1v) is 12.6. The van der Waals surface area contributed by atoms with E-state index in [2.05, 4.69) is 33.2 Å². The number of rotatable bonds is 11. The van der Waals surface area contributed by atoms with Gasteiger partial charge in [0, 0.05) is 0 Å². The summed E-state index contributed by atoms with van der Waals surface area (Å²) >= 11 is 4.92. The molecule has 1 heterocycles. The highest BCUT2D eigenvalue weighted by Crippen LogP contribution is 2.38. The van der Waals surface area contributed by atoms with Gasteiger partial charge in [-0.2, -0.15) is 0 Å². The molecule has 1 amide bonds. The standard InChI is InChI=1S/C25H29BrN2O3S/c1-3-4-5-6-7-11-14-31-23-20(26)15-18(16-21(23)30-2)17-22-24(29)28-25(32-22)27-19-12-9-8-10-13-19/h8-10,12-13,15-17H,3-7,11,14H2,1-2H3,(H,27,28,29)/b22-17+. The molecule has 1 fully saturated rings. The molecule has 0 aliphatic carbocycles. The van der Waals surface area contributed by atoms with Crippen molar-refractivity contribution in [3.63, 3.8) is 0 Å². The Morgan fingerprint density at radius 3 is 2.59 bits per heavy atom. The summed E-state index contributed by atoms with van der Waals surface area (Å²) in [6, 6.07) is 13.4. The maximum Gasteiger partial charge on any atom is 0.264 e. The SMILES string of the molecule is CCCCCCCCOc1c(Br)cc(/C=C2/SC(=Nc3ccccc3)NC2=O)cc1OC. The average Bonchev–Trinajstić information content (AvgIpc) is 3.13. The van der Waals surface area contributed by atoms with Crippen molar-refractivity contribution in [2.45, 2.75) is 45.4 Å². The molecule has 0 unspecified atom stereocenters. The fourth-order valence-corrected chi connectivity index (χ4v) is 4.69. The van der Waals surface area contributed by atoms with Crippen molar-refractivity contribution in [1.29, 1.82) is 0 Å². The van der Waals surface area contributed by atoms with Crippen molar-refractivity contribution in [3.05, 3.63) is 57.4 Å². The number of aliphatic imine (C=N–C) groups is 1. The van der Waals surface area contributed by atoms with Crippen molar-refractivity contribution >= 4 is 50.5 Å². The Bertz CT molecular complexity index is 977. The zero-order valence-electron chi connectivity index (χ0n) is 18.5. The molecule has 7 heteroatoms. The molecule has 2 aromatic rings. The van der Waals surface area contributed by atoms with E-state index in [1.54, 1.807) is 7.11 Å². The van der Waals surface area contributed by atoms with Gasteiger partial charge >= 0.3 is 0 Å². The van der Waals surface area contributed by atoms with Crippen LogP contribution in [0.2, 0.25) is 0 Å². The molecule has 32 heavy (non-hydrogen) atoms. The third kappa shape index (κ3) is 7.14. The number of nitrogens with zero attached hydrogens (tertiary/aromatic N) is 1. The lowest BCUT2D eigenvalue weighted by Crippen LogP contribution is -2.19. The van der Waals surface area contributed by atoms with Crippen LogP contribution in [0, 0.1) is 0 Å². The number of amides is 1. The predicted octanol–water partition coefficient (Wildman–Crippen LogP) is 7.09. The minimum Gasteiger partial charge on any atom is -0.493 e. The Hall–Kier alpha value is -2.25. The molecule has 3 rings (SSSR count). The van der Waals surface area contributed by atoms with Gasteiger partial charge < -0.3 is 14.8 Å². The lowest BCUT2D eigenvalue weighted by Gasteiger charge is -2.13. The van der Waals surface area contributed by atoms with Crippen LogP contribution >= 0.6 is 27.7 Å². The van der Waals surface area contributed by atoms with Gasteiger partial charge in [0.1, 0.15) is 0 Å². The maximum absolute atomic E-state index is 12.4. The van der Waals surface area contributed by atoms with Gasteiger partial charge in [0.15, 0.2) is 16.7 Å². The van der Waals surface area contributed by atoms with Gasteiger partial charge in [-0.15, -0.1) is 0 Å². The molecule has 0 spiro atoms. The Morgan fingerprint density at radius 2 is 1.84 bits per heavy atom. The van der Waals surface area contributed by atoms with Gasteiger partial charge in [-0.05, 0) is 70.0 Å². The van der Waals surface area contributed by atoms with E-state index < -0.39 is 0 Å². The number of unbranched alkanes of at least 4 members (excludes halogenated alkanes) is 5. The third-order valence-electron chi connectivity index (χ3n) is 4.93. The van der Waals surface area contributed by atoms with Crippen LogP contribution in [0.4, 0.5) is 5.69 Å². The average molecular weight is 517 g/mol. The molecule has 0 aromatic heterocycles. The fourth-order valence-electron chi connectivity index (χ4n) is 3.27. The van der Waals surface area contributed by atoms with Crippen LogP contribution in [0.1, 0.15) is 51.0 Å². The van der Waals surface area contributed by atoms with Gasteiger partial charge in [-0.1, -0.05) is 57.2 Å². The van der Waals surface area contributed by atoms with E-state index in [1.807, 2.05) is 48.5 Å². The minimum absolute atomic E-state index is 0.164. The number of benzene rings is 2. The molecule has 0 radical (unpaired) electrons. The summed E-state index contributed by atoms with van der Waals surface area (Å²) in [4.78, 5) is 17.5. The van der Waals surface area contributed by atoms with Gasteiger partial charge in [0.25, 0.3) is 5.91 Å². The summed E-state index contributed by atoms with van der Waals surface area (Å²) in [5.41, 5.74) is 1.65. The molecule has 0 atom stereocenters. The van der Waals surface area contributed by atoms with E-state index >= 15 is 0 Å². The van der Waals surface area contributed by atoms with E-state index in [-0.39, 0.29) is 5.91 Å². The second kappa shape index (κ2) is 12.7. The second-order valence-corrected chi connectivity index (χ2v) is 9.35. The molecule has 0 saturated carbocycles. The van der Waals surface area contributed by atoms with Crippen LogP contribution < -0.4 is 14.8 Å². The summed E-state index contributed by atoms with van der Waals surface area (Å²) in [6.45, 7) is 2.88. The van der Waals surface area contributed by atoms with E-state index in [9.17, 15) is 4.79 Å². The normalized spacial score (nSPS) is 15.9. The molecule has 170 valence electrons. The third-order valence-corrected chi connectivity index (χ3v) is 6.43. The molecular weight excluding hydrogens is 488 g/mol. The summed E-state index contributed by atoms with van der Waals surface area (Å²) in [6.07, 6.45) is 9.11. The molecule has 1 N–H and O–H groups in total. The highest BCUT2D eigenvalue weighted by Gasteiger charge is 2.24. The highest BCUT2D eigenvalue weighted by molar-refractivity contribution is 9.10. The number of carbonyl (C=O) groups is 1. The first kappa shape index (κ1) is 24.4. The van der Waals surface area contributed by atoms with Crippen LogP contribution in [-0.2, 0) is 4.79 Å². The largest absolute Gasteiger partial charge is 0.493 e. The smallest absolute Gasteiger partial charge is 0.264 e. The van der Waals surface area contributed by atoms with Gasteiger partial charge in [0.05, 0.1) is 28.8 Å². The number of hydrogen-bond acceptors (Lipinski definition) is 5. The molecule has 1 saturated heterocycles. The van der Waals surface area contributed by atoms with Crippen LogP contribution in [0.3, 0.4) is 0 Å². The monoisotopic (exact) mass is 516 g/mol. The molecule has 5 nitrogen and oxygen atoms in total. The number of hydrogen-bond donors (Lipinski definition) is 1. The van der Waals surface area contributed by atoms with Gasteiger partial charge in [0.2, 0.25) is 0 Å². The number of carbonyl (C=O) groups excluding carboxylic acids is 1. The fraction of sp³-hybridized carbons (Fsp3) is 0.360. The summed E-state index contributed by atoms with van der Waals surface area (Å²) in [5.74, 6) is 1.17. The van der Waals surface area contributed by atoms with Crippen molar-refractivity contribution in [1.82, 2.24) is 5.32 Å². The molecule has 1 aliphatic rings. The zero-order chi connectivity index (χ0) is 22.8. The second-order valence-electron chi connectivity index (χ2n) is 7.47. The highest BCUT2D eigenvalue weighted by atomic mass is 79.9. The lowest BCUT2D eigenvalue weighted by atomic mass is 10.1. The van der Waals surface area contributed by atoms with E-state index in [0.29, 0.717) is 28.2 Å². The number of thioether (sulfide) groups is 1. The van der Waals surface area contributed by atoms with E-state index in [1.165, 1.54) is 43.9 Å². The van der Waals surface area contributed by atoms with Gasteiger partial charge in [-0.25, -0.2) is 4.99 Å². The Kier molecular flexibility index (Phi) is 9.68. The van der Waals surface area contributed by atoms with Crippen LogP contribution in [-0.4, -0.2) is 24.8 Å². The molecule has 1 aliphatic heterocycles. The predicted molar refractivity (Wildman–Crippen MR) is 137 cm³/mol. The van der Waals surface area contributed by atoms with Crippen molar-refractivity contribution < 1.29 is 14.3 Å². The van der Waals surface area contributed by atoms with Crippen LogP contribution in [0.15, 0.2) is 56.8 Å². The summed E-state index contributed by atoms with van der Waals surface area (Å²) < 4.78 is 12.4. The number of para-hydroxylation sites is 1. The molecule has 0 bridgehead atoms. The van der Waals surface area contributed by atoms with Crippen molar-refractivity contribution in [2.75, 3.05) is 13.7 Å². The minimum atomic E-state index is -0.164. The Balaban J connectivity index is 1.65. The van der Waals surface area contributed by atoms with Crippen LogP contribution in [0.25, 0.3) is 6.08 Å².